The van der Waals surface area contributed by atoms with Crippen molar-refractivity contribution in [3.8, 4) is 5.13 Å². The molecule has 1 atom stereocenters. The third kappa shape index (κ3) is 4.07. The van der Waals surface area contributed by atoms with Crippen LogP contribution in [-0.4, -0.2) is 66.7 Å². The summed E-state index contributed by atoms with van der Waals surface area (Å²) >= 11 is 1.37. The molecule has 5 rings (SSSR count). The number of rotatable bonds is 6. The second-order valence-corrected chi connectivity index (χ2v) is 11.2. The fourth-order valence-corrected chi connectivity index (χ4v) is 6.96. The van der Waals surface area contributed by atoms with E-state index in [2.05, 4.69) is 9.88 Å². The lowest BCUT2D eigenvalue weighted by Gasteiger charge is -2.27. The number of ether oxygens (including phenoxy) is 1. The van der Waals surface area contributed by atoms with Crippen molar-refractivity contribution in [2.24, 2.45) is 0 Å². The molecule has 0 radical (unpaired) electrons. The maximum atomic E-state index is 13.4. The van der Waals surface area contributed by atoms with Gasteiger partial charge in [0.25, 0.3) is 0 Å². The number of piperidine rings is 1. The van der Waals surface area contributed by atoms with Gasteiger partial charge in [-0.1, -0.05) is 6.42 Å². The molecule has 176 valence electrons. The summed E-state index contributed by atoms with van der Waals surface area (Å²) in [7, 11) is -2.23. The molecule has 9 nitrogen and oxygen atoms in total. The Morgan fingerprint density at radius 3 is 2.70 bits per heavy atom. The Morgan fingerprint density at radius 2 is 1.97 bits per heavy atom. The first kappa shape index (κ1) is 22.5. The molecule has 0 amide bonds. The van der Waals surface area contributed by atoms with E-state index in [1.165, 1.54) is 21.8 Å². The van der Waals surface area contributed by atoms with Crippen LogP contribution in [0.3, 0.4) is 0 Å². The van der Waals surface area contributed by atoms with E-state index in [0.717, 1.165) is 44.5 Å². The average Bonchev–Trinajstić information content (AvgIpc) is 3.52. The molecule has 0 spiro atoms. The van der Waals surface area contributed by atoms with E-state index in [1.807, 2.05) is 5.38 Å². The molecule has 2 saturated heterocycles. The van der Waals surface area contributed by atoms with Crippen molar-refractivity contribution in [1.29, 1.82) is 0 Å². The van der Waals surface area contributed by atoms with Gasteiger partial charge in [0.1, 0.15) is 10.7 Å². The van der Waals surface area contributed by atoms with Gasteiger partial charge >= 0.3 is 0 Å². The van der Waals surface area contributed by atoms with E-state index in [0.29, 0.717) is 30.5 Å². The summed E-state index contributed by atoms with van der Waals surface area (Å²) in [6, 6.07) is 3.72. The highest BCUT2D eigenvalue weighted by Crippen LogP contribution is 2.28. The van der Waals surface area contributed by atoms with Crippen LogP contribution < -0.4 is 10.3 Å². The van der Waals surface area contributed by atoms with Crippen LogP contribution in [0, 0.1) is 0 Å². The van der Waals surface area contributed by atoms with Crippen molar-refractivity contribution >= 4 is 38.2 Å². The molecule has 3 aromatic heterocycles. The molecular weight excluding hydrogens is 462 g/mol. The van der Waals surface area contributed by atoms with Crippen LogP contribution in [0.2, 0.25) is 0 Å². The van der Waals surface area contributed by atoms with E-state index < -0.39 is 15.5 Å². The minimum Gasteiger partial charge on any atom is -0.383 e. The highest BCUT2D eigenvalue weighted by Gasteiger charge is 2.31. The van der Waals surface area contributed by atoms with Gasteiger partial charge in [-0.25, -0.2) is 18.4 Å². The van der Waals surface area contributed by atoms with Gasteiger partial charge in [-0.05, 0) is 37.8 Å². The normalized spacial score (nSPS) is 20.0. The molecule has 2 aliphatic rings. The Morgan fingerprint density at radius 1 is 1.15 bits per heavy atom. The van der Waals surface area contributed by atoms with Gasteiger partial charge in [0.2, 0.25) is 15.5 Å². The molecule has 2 aliphatic heterocycles. The Kier molecular flexibility index (Phi) is 6.21. The Bertz CT molecular complexity index is 1300. The maximum absolute atomic E-state index is 13.4. The highest BCUT2D eigenvalue weighted by molar-refractivity contribution is 7.89. The first-order valence-corrected chi connectivity index (χ1v) is 13.5. The first-order chi connectivity index (χ1) is 16.0. The third-order valence-corrected chi connectivity index (χ3v) is 9.05. The minimum atomic E-state index is -3.92. The number of hydrogen-bond donors (Lipinski definition) is 0. The van der Waals surface area contributed by atoms with E-state index in [-0.39, 0.29) is 16.3 Å². The number of nitrogens with zero attached hydrogens (tertiary/aromatic N) is 5. The molecule has 3 aromatic rings. The fourth-order valence-electron chi connectivity index (χ4n) is 4.74. The van der Waals surface area contributed by atoms with E-state index in [4.69, 9.17) is 9.72 Å². The number of fused-ring (bicyclic) bond motifs is 1. The number of pyridine rings is 2. The number of thiazole rings is 1. The Labute approximate surface area is 196 Å². The Hall–Kier alpha value is -2.34. The molecule has 0 saturated carbocycles. The van der Waals surface area contributed by atoms with Crippen LogP contribution in [0.15, 0.2) is 39.6 Å². The van der Waals surface area contributed by atoms with Crippen molar-refractivity contribution in [3.63, 3.8) is 0 Å². The van der Waals surface area contributed by atoms with E-state index in [1.54, 1.807) is 30.0 Å². The Balaban J connectivity index is 1.68. The number of anilines is 1. The molecule has 1 unspecified atom stereocenters. The van der Waals surface area contributed by atoms with Gasteiger partial charge in [-0.3, -0.25) is 9.36 Å². The van der Waals surface area contributed by atoms with Crippen LogP contribution >= 0.6 is 11.3 Å². The van der Waals surface area contributed by atoms with Crippen LogP contribution in [0.5, 0.6) is 0 Å². The van der Waals surface area contributed by atoms with Crippen molar-refractivity contribution < 1.29 is 13.2 Å². The predicted molar refractivity (Wildman–Crippen MR) is 128 cm³/mol. The van der Waals surface area contributed by atoms with Crippen molar-refractivity contribution in [1.82, 2.24) is 18.8 Å². The quantitative estimate of drug-likeness (QED) is 0.525. The maximum Gasteiger partial charge on any atom is 0.248 e. The zero-order chi connectivity index (χ0) is 23.0. The lowest BCUT2D eigenvalue weighted by atomic mass is 10.2. The van der Waals surface area contributed by atoms with E-state index in [9.17, 15) is 13.2 Å². The number of aromatic nitrogens is 3. The minimum absolute atomic E-state index is 0.221. The van der Waals surface area contributed by atoms with Crippen LogP contribution in [0.4, 0.5) is 5.82 Å². The zero-order valence-electron chi connectivity index (χ0n) is 18.5. The summed E-state index contributed by atoms with van der Waals surface area (Å²) in [4.78, 5) is 24.6. The smallest absolute Gasteiger partial charge is 0.248 e. The van der Waals surface area contributed by atoms with E-state index >= 15 is 0 Å². The summed E-state index contributed by atoms with van der Waals surface area (Å²) in [6.07, 6.45) is 7.72. The molecule has 0 aromatic carbocycles. The zero-order valence-corrected chi connectivity index (χ0v) is 20.1. The topological polar surface area (TPSA) is 97.6 Å². The largest absolute Gasteiger partial charge is 0.383 e. The molecule has 0 bridgehead atoms. The summed E-state index contributed by atoms with van der Waals surface area (Å²) in [5.74, 6) is 0.749. The number of methoxy groups -OCH3 is 1. The lowest BCUT2D eigenvalue weighted by molar-refractivity contribution is 0.180. The van der Waals surface area contributed by atoms with Gasteiger partial charge in [-0.2, -0.15) is 4.31 Å². The second-order valence-electron chi connectivity index (χ2n) is 8.46. The second kappa shape index (κ2) is 9.13. The predicted octanol–water partition coefficient (Wildman–Crippen LogP) is 2.63. The summed E-state index contributed by atoms with van der Waals surface area (Å²) in [6.45, 7) is 2.33. The monoisotopic (exact) mass is 489 g/mol. The summed E-state index contributed by atoms with van der Waals surface area (Å²) in [5.41, 5.74) is -0.106. The average molecular weight is 490 g/mol. The molecule has 33 heavy (non-hydrogen) atoms. The van der Waals surface area contributed by atoms with Gasteiger partial charge < -0.3 is 9.64 Å². The van der Waals surface area contributed by atoms with Gasteiger partial charge in [-0.15, -0.1) is 11.3 Å². The van der Waals surface area contributed by atoms with Crippen molar-refractivity contribution in [3.05, 3.63) is 40.1 Å². The van der Waals surface area contributed by atoms with Gasteiger partial charge in [0.05, 0.1) is 18.0 Å². The van der Waals surface area contributed by atoms with Gasteiger partial charge in [0, 0.05) is 44.5 Å². The number of hydrogen-bond acceptors (Lipinski definition) is 8. The van der Waals surface area contributed by atoms with Gasteiger partial charge in [0.15, 0.2) is 10.8 Å². The molecule has 11 heteroatoms. The number of sulfonamides is 1. The molecular formula is C22H27N5O4S2. The van der Waals surface area contributed by atoms with Crippen molar-refractivity contribution in [2.45, 2.75) is 43.0 Å². The third-order valence-electron chi connectivity index (χ3n) is 6.39. The summed E-state index contributed by atoms with van der Waals surface area (Å²) in [5, 5.41) is 2.65. The fraction of sp³-hybridized carbons (Fsp3) is 0.500. The van der Waals surface area contributed by atoms with Crippen LogP contribution in [0.1, 0.15) is 32.1 Å². The van der Waals surface area contributed by atoms with Crippen LogP contribution in [0.25, 0.3) is 16.2 Å². The molecule has 0 N–H and O–H groups in total. The standard InChI is InChI=1S/C22H27N5O4S2/c1-31-15-16-6-5-12-26(16)19-8-7-17-20(28)18(33(29,30)25-10-3-2-4-11-25)14-27(21(17)24-19)22-23-9-13-32-22/h7-9,13-14,16H,2-6,10-12,15H2,1H3. The summed E-state index contributed by atoms with van der Waals surface area (Å²) < 4.78 is 35.3. The van der Waals surface area contributed by atoms with Crippen molar-refractivity contribution in [2.75, 3.05) is 38.3 Å². The lowest BCUT2D eigenvalue weighted by Crippen LogP contribution is -2.38. The van der Waals surface area contributed by atoms with Crippen LogP contribution in [-0.2, 0) is 14.8 Å². The molecule has 5 heterocycles. The molecule has 0 aliphatic carbocycles. The SMILES string of the molecule is COCC1CCCN1c1ccc2c(=O)c(S(=O)(=O)N3CCCCC3)cn(-c3nccs3)c2n1. The highest BCUT2D eigenvalue weighted by atomic mass is 32.2. The first-order valence-electron chi connectivity index (χ1n) is 11.2. The molecule has 2 fully saturated rings.